The van der Waals surface area contributed by atoms with Crippen LogP contribution in [0.1, 0.15) is 33.3 Å². The van der Waals surface area contributed by atoms with E-state index in [0.717, 1.165) is 5.56 Å². The quantitative estimate of drug-likeness (QED) is 0.321. The maximum Gasteiger partial charge on any atom is 0.239 e. The zero-order valence-electron chi connectivity index (χ0n) is 14.4. The average molecular weight is 515 g/mol. The fourth-order valence-corrected chi connectivity index (χ4v) is 2.02. The Morgan fingerprint density at radius 3 is 2.50 bits per heavy atom. The molecule has 0 bridgehead atoms. The number of nitrogens with zero attached hydrogens (tertiary/aromatic N) is 1. The molecular formula is C16H25BrFIN4O. The van der Waals surface area contributed by atoms with Crippen molar-refractivity contribution >= 4 is 51.8 Å². The molecule has 1 aromatic carbocycles. The normalized spacial score (nSPS) is 11.5. The summed E-state index contributed by atoms with van der Waals surface area (Å²) in [4.78, 5) is 16.2. The Hall–Kier alpha value is -0.900. The minimum Gasteiger partial charge on any atom is -0.357 e. The van der Waals surface area contributed by atoms with Gasteiger partial charge < -0.3 is 16.0 Å². The van der Waals surface area contributed by atoms with E-state index in [-0.39, 0.29) is 47.8 Å². The van der Waals surface area contributed by atoms with Crippen LogP contribution in [0.3, 0.4) is 0 Å². The van der Waals surface area contributed by atoms with E-state index in [1.54, 1.807) is 12.1 Å². The van der Waals surface area contributed by atoms with E-state index < -0.39 is 0 Å². The van der Waals surface area contributed by atoms with Crippen LogP contribution in [-0.4, -0.2) is 30.5 Å². The molecule has 0 atom stereocenters. The SMILES string of the molecule is CCNC(=NCc1ccc(Br)c(F)c1)NCC(=O)NC(C)(C)C.I. The van der Waals surface area contributed by atoms with Crippen LogP contribution < -0.4 is 16.0 Å². The molecule has 0 radical (unpaired) electrons. The molecule has 0 aromatic heterocycles. The molecule has 0 unspecified atom stereocenters. The predicted molar refractivity (Wildman–Crippen MR) is 110 cm³/mol. The van der Waals surface area contributed by atoms with E-state index in [1.807, 2.05) is 27.7 Å². The fourth-order valence-electron chi connectivity index (χ4n) is 1.78. The Morgan fingerprint density at radius 1 is 1.29 bits per heavy atom. The van der Waals surface area contributed by atoms with Gasteiger partial charge in [0.2, 0.25) is 5.91 Å². The number of amides is 1. The average Bonchev–Trinajstić information content (AvgIpc) is 2.43. The lowest BCUT2D eigenvalue weighted by molar-refractivity contribution is -0.121. The minimum absolute atomic E-state index is 0. The summed E-state index contributed by atoms with van der Waals surface area (Å²) in [7, 11) is 0. The van der Waals surface area contributed by atoms with Crippen LogP contribution in [0, 0.1) is 5.82 Å². The lowest BCUT2D eigenvalue weighted by Crippen LogP contribution is -2.48. The molecule has 5 nitrogen and oxygen atoms in total. The summed E-state index contributed by atoms with van der Waals surface area (Å²) in [6.07, 6.45) is 0. The van der Waals surface area contributed by atoms with Gasteiger partial charge in [-0.3, -0.25) is 4.79 Å². The first kappa shape index (κ1) is 23.1. The smallest absolute Gasteiger partial charge is 0.239 e. The van der Waals surface area contributed by atoms with Crippen molar-refractivity contribution in [2.24, 2.45) is 4.99 Å². The zero-order valence-corrected chi connectivity index (χ0v) is 18.3. The van der Waals surface area contributed by atoms with Crippen LogP contribution >= 0.6 is 39.9 Å². The Labute approximate surface area is 168 Å². The third-order valence-corrected chi connectivity index (χ3v) is 3.32. The number of carbonyl (C=O) groups is 1. The van der Waals surface area contributed by atoms with Gasteiger partial charge in [-0.2, -0.15) is 0 Å². The van der Waals surface area contributed by atoms with Gasteiger partial charge in [0.1, 0.15) is 5.82 Å². The molecule has 0 heterocycles. The van der Waals surface area contributed by atoms with E-state index in [1.165, 1.54) is 6.07 Å². The molecule has 136 valence electrons. The number of carbonyl (C=O) groups excluding carboxylic acids is 1. The summed E-state index contributed by atoms with van der Waals surface area (Å²) in [5, 5.41) is 8.88. The highest BCUT2D eigenvalue weighted by Crippen LogP contribution is 2.16. The maximum absolute atomic E-state index is 13.5. The molecule has 24 heavy (non-hydrogen) atoms. The Morgan fingerprint density at radius 2 is 1.96 bits per heavy atom. The Bertz CT molecular complexity index is 576. The zero-order chi connectivity index (χ0) is 17.5. The molecule has 1 aromatic rings. The summed E-state index contributed by atoms with van der Waals surface area (Å²) in [6.45, 7) is 8.82. The molecule has 0 aliphatic carbocycles. The van der Waals surface area contributed by atoms with Crippen molar-refractivity contribution in [3.8, 4) is 0 Å². The lowest BCUT2D eigenvalue weighted by atomic mass is 10.1. The molecule has 0 fully saturated rings. The van der Waals surface area contributed by atoms with Gasteiger partial charge >= 0.3 is 0 Å². The summed E-state index contributed by atoms with van der Waals surface area (Å²) < 4.78 is 13.9. The highest BCUT2D eigenvalue weighted by atomic mass is 127. The summed E-state index contributed by atoms with van der Waals surface area (Å²) in [5.74, 6) is 0.0814. The van der Waals surface area contributed by atoms with Gasteiger partial charge in [-0.1, -0.05) is 6.07 Å². The minimum atomic E-state index is -0.319. The lowest BCUT2D eigenvalue weighted by Gasteiger charge is -2.21. The third kappa shape index (κ3) is 9.41. The van der Waals surface area contributed by atoms with E-state index in [4.69, 9.17) is 0 Å². The summed E-state index contributed by atoms with van der Waals surface area (Å²) >= 11 is 3.12. The van der Waals surface area contributed by atoms with Crippen LogP contribution in [0.15, 0.2) is 27.7 Å². The third-order valence-electron chi connectivity index (χ3n) is 2.68. The van der Waals surface area contributed by atoms with Crippen LogP contribution in [0.2, 0.25) is 0 Å². The molecule has 0 aliphatic rings. The molecule has 1 rings (SSSR count). The number of rotatable bonds is 5. The van der Waals surface area contributed by atoms with Gasteiger partial charge in [0.15, 0.2) is 5.96 Å². The van der Waals surface area contributed by atoms with Gasteiger partial charge in [0.05, 0.1) is 17.6 Å². The van der Waals surface area contributed by atoms with Gasteiger partial charge in [-0.05, 0) is 61.3 Å². The Balaban J connectivity index is 0.00000529. The molecule has 0 aliphatic heterocycles. The van der Waals surface area contributed by atoms with Crippen molar-refractivity contribution in [1.29, 1.82) is 0 Å². The van der Waals surface area contributed by atoms with E-state index in [2.05, 4.69) is 36.9 Å². The fraction of sp³-hybridized carbons (Fsp3) is 0.500. The van der Waals surface area contributed by atoms with Crippen LogP contribution in [-0.2, 0) is 11.3 Å². The predicted octanol–water partition coefficient (Wildman–Crippen LogP) is 3.18. The first-order valence-corrected chi connectivity index (χ1v) is 8.27. The number of nitrogens with one attached hydrogen (secondary N) is 3. The molecule has 0 spiro atoms. The second-order valence-corrected chi connectivity index (χ2v) is 6.95. The molecule has 1 amide bonds. The van der Waals surface area contributed by atoms with E-state index in [9.17, 15) is 9.18 Å². The van der Waals surface area contributed by atoms with Crippen molar-refractivity contribution < 1.29 is 9.18 Å². The molecule has 3 N–H and O–H groups in total. The van der Waals surface area contributed by atoms with Crippen LogP contribution in [0.5, 0.6) is 0 Å². The molecular weight excluding hydrogens is 490 g/mol. The monoisotopic (exact) mass is 514 g/mol. The molecule has 0 saturated heterocycles. The maximum atomic E-state index is 13.5. The van der Waals surface area contributed by atoms with Crippen molar-refractivity contribution in [1.82, 2.24) is 16.0 Å². The second kappa shape index (κ2) is 10.9. The van der Waals surface area contributed by atoms with E-state index in [0.29, 0.717) is 23.5 Å². The first-order valence-electron chi connectivity index (χ1n) is 7.48. The standard InChI is InChI=1S/C16H24BrFN4O.HI/c1-5-19-15(21-10-14(23)22-16(2,3)4)20-9-11-6-7-12(17)13(18)8-11;/h6-8H,5,9-10H2,1-4H3,(H,22,23)(H2,19,20,21);1H. The van der Waals surface area contributed by atoms with Crippen molar-refractivity contribution in [2.45, 2.75) is 39.8 Å². The van der Waals surface area contributed by atoms with Gasteiger partial charge in [-0.15, -0.1) is 24.0 Å². The second-order valence-electron chi connectivity index (χ2n) is 6.10. The van der Waals surface area contributed by atoms with Gasteiger partial charge in [-0.25, -0.2) is 9.38 Å². The number of guanidine groups is 1. The number of aliphatic imine (C=N–C) groups is 1. The van der Waals surface area contributed by atoms with Crippen molar-refractivity contribution in [2.75, 3.05) is 13.1 Å². The van der Waals surface area contributed by atoms with Gasteiger partial charge in [0.25, 0.3) is 0 Å². The Kier molecular flexibility index (Phi) is 10.5. The van der Waals surface area contributed by atoms with Crippen LogP contribution in [0.4, 0.5) is 4.39 Å². The number of benzene rings is 1. The summed E-state index contributed by atoms with van der Waals surface area (Å²) in [5.41, 5.74) is 0.477. The summed E-state index contributed by atoms with van der Waals surface area (Å²) in [6, 6.07) is 4.88. The van der Waals surface area contributed by atoms with Crippen molar-refractivity contribution in [3.05, 3.63) is 34.1 Å². The highest BCUT2D eigenvalue weighted by molar-refractivity contribution is 14.0. The largest absolute Gasteiger partial charge is 0.357 e. The first-order chi connectivity index (χ1) is 10.7. The van der Waals surface area contributed by atoms with Crippen LogP contribution in [0.25, 0.3) is 0 Å². The topological polar surface area (TPSA) is 65.5 Å². The number of hydrogen-bond donors (Lipinski definition) is 3. The molecule has 8 heteroatoms. The van der Waals surface area contributed by atoms with Gasteiger partial charge in [0, 0.05) is 12.1 Å². The number of halogens is 3. The highest BCUT2D eigenvalue weighted by Gasteiger charge is 2.13. The molecule has 0 saturated carbocycles. The van der Waals surface area contributed by atoms with E-state index >= 15 is 0 Å². The van der Waals surface area contributed by atoms with Crippen molar-refractivity contribution in [3.63, 3.8) is 0 Å². The number of hydrogen-bond acceptors (Lipinski definition) is 2.